The van der Waals surface area contributed by atoms with Gasteiger partial charge in [0.25, 0.3) is 5.91 Å². The van der Waals surface area contributed by atoms with E-state index in [1.807, 2.05) is 43.3 Å². The standard InChI is InChI=1S/C21H16ClNO3/c1-12-7-8-14(16(22)9-12)21(24)23-17-11-19-15(10-20(17)25-2)13-5-3-4-6-18(13)26-19/h3-11H,1-2H3,(H,23,24). The molecule has 26 heavy (non-hydrogen) atoms. The minimum Gasteiger partial charge on any atom is -0.495 e. The van der Waals surface area contributed by atoms with Crippen LogP contribution in [0, 0.1) is 6.92 Å². The first-order chi connectivity index (χ1) is 12.6. The Morgan fingerprint density at radius 2 is 1.85 bits per heavy atom. The molecule has 4 rings (SSSR count). The summed E-state index contributed by atoms with van der Waals surface area (Å²) in [5.74, 6) is 0.254. The number of halogens is 1. The van der Waals surface area contributed by atoms with Crippen molar-refractivity contribution in [3.8, 4) is 5.75 Å². The van der Waals surface area contributed by atoms with Gasteiger partial charge < -0.3 is 14.5 Å². The maximum Gasteiger partial charge on any atom is 0.257 e. The summed E-state index contributed by atoms with van der Waals surface area (Å²) in [4.78, 5) is 12.6. The van der Waals surface area contributed by atoms with E-state index in [1.165, 1.54) is 0 Å². The van der Waals surface area contributed by atoms with Gasteiger partial charge in [-0.1, -0.05) is 35.9 Å². The summed E-state index contributed by atoms with van der Waals surface area (Å²) < 4.78 is 11.4. The quantitative estimate of drug-likeness (QED) is 0.498. The molecule has 0 atom stereocenters. The van der Waals surface area contributed by atoms with Gasteiger partial charge in [0, 0.05) is 16.8 Å². The van der Waals surface area contributed by atoms with E-state index in [0.29, 0.717) is 27.6 Å². The largest absolute Gasteiger partial charge is 0.495 e. The van der Waals surface area contributed by atoms with Crippen molar-refractivity contribution in [1.29, 1.82) is 0 Å². The summed E-state index contributed by atoms with van der Waals surface area (Å²) >= 11 is 6.20. The molecule has 0 saturated heterocycles. The van der Waals surface area contributed by atoms with Gasteiger partial charge in [0.2, 0.25) is 0 Å². The van der Waals surface area contributed by atoms with Gasteiger partial charge in [-0.15, -0.1) is 0 Å². The summed E-state index contributed by atoms with van der Waals surface area (Å²) in [6, 6.07) is 16.7. The Kier molecular flexibility index (Phi) is 4.05. The van der Waals surface area contributed by atoms with Crippen molar-refractivity contribution in [2.45, 2.75) is 6.92 Å². The van der Waals surface area contributed by atoms with Crippen LogP contribution in [0.4, 0.5) is 5.69 Å². The maximum atomic E-state index is 12.6. The minimum absolute atomic E-state index is 0.302. The lowest BCUT2D eigenvalue weighted by Crippen LogP contribution is -2.13. The molecule has 0 unspecified atom stereocenters. The van der Waals surface area contributed by atoms with Gasteiger partial charge >= 0.3 is 0 Å². The first-order valence-electron chi connectivity index (χ1n) is 8.13. The number of rotatable bonds is 3. The van der Waals surface area contributed by atoms with Gasteiger partial charge in [-0.25, -0.2) is 0 Å². The van der Waals surface area contributed by atoms with Crippen molar-refractivity contribution in [2.75, 3.05) is 12.4 Å². The first-order valence-corrected chi connectivity index (χ1v) is 8.51. The number of carbonyl (C=O) groups excluding carboxylic acids is 1. The topological polar surface area (TPSA) is 51.5 Å². The van der Waals surface area contributed by atoms with Crippen LogP contribution >= 0.6 is 11.6 Å². The number of fused-ring (bicyclic) bond motifs is 3. The van der Waals surface area contributed by atoms with Gasteiger partial charge in [0.1, 0.15) is 16.9 Å². The van der Waals surface area contributed by atoms with Crippen LogP contribution in [0.5, 0.6) is 5.75 Å². The second-order valence-corrected chi connectivity index (χ2v) is 6.49. The predicted octanol–water partition coefficient (Wildman–Crippen LogP) is 5.81. The van der Waals surface area contributed by atoms with Crippen LogP contribution in [0.15, 0.2) is 59.0 Å². The SMILES string of the molecule is COc1cc2c(cc1NC(=O)c1ccc(C)cc1Cl)oc1ccccc12. The molecule has 130 valence electrons. The monoisotopic (exact) mass is 365 g/mol. The lowest BCUT2D eigenvalue weighted by atomic mass is 10.1. The summed E-state index contributed by atoms with van der Waals surface area (Å²) in [7, 11) is 1.57. The number of carbonyl (C=O) groups is 1. The number of anilines is 1. The average molecular weight is 366 g/mol. The predicted molar refractivity (Wildman–Crippen MR) is 104 cm³/mol. The highest BCUT2D eigenvalue weighted by Gasteiger charge is 2.16. The molecule has 0 aliphatic rings. The Hall–Kier alpha value is -2.98. The van der Waals surface area contributed by atoms with Crippen LogP contribution in [-0.2, 0) is 0 Å². The number of amides is 1. The van der Waals surface area contributed by atoms with Gasteiger partial charge in [-0.05, 0) is 36.8 Å². The molecule has 0 spiro atoms. The van der Waals surface area contributed by atoms with Crippen molar-refractivity contribution in [2.24, 2.45) is 0 Å². The molecule has 4 aromatic rings. The molecule has 4 nitrogen and oxygen atoms in total. The van der Waals surface area contributed by atoms with E-state index in [1.54, 1.807) is 25.3 Å². The summed E-state index contributed by atoms with van der Waals surface area (Å²) in [5.41, 5.74) is 3.39. The zero-order chi connectivity index (χ0) is 18.3. The highest BCUT2D eigenvalue weighted by molar-refractivity contribution is 6.34. The summed E-state index contributed by atoms with van der Waals surface area (Å²) in [6.45, 7) is 1.92. The number of para-hydroxylation sites is 1. The third kappa shape index (κ3) is 2.78. The van der Waals surface area contributed by atoms with Crippen molar-refractivity contribution >= 4 is 45.1 Å². The van der Waals surface area contributed by atoms with Gasteiger partial charge in [0.15, 0.2) is 0 Å². The lowest BCUT2D eigenvalue weighted by molar-refractivity contribution is 0.102. The minimum atomic E-state index is -0.302. The number of hydrogen-bond acceptors (Lipinski definition) is 3. The molecule has 3 aromatic carbocycles. The molecule has 0 aliphatic carbocycles. The van der Waals surface area contributed by atoms with E-state index in [2.05, 4.69) is 5.32 Å². The molecule has 0 radical (unpaired) electrons. The van der Waals surface area contributed by atoms with Crippen molar-refractivity contribution < 1.29 is 13.9 Å². The van der Waals surface area contributed by atoms with Crippen LogP contribution in [0.1, 0.15) is 15.9 Å². The van der Waals surface area contributed by atoms with Crippen LogP contribution in [0.25, 0.3) is 21.9 Å². The molecule has 0 bridgehead atoms. The second kappa shape index (κ2) is 6.39. The fourth-order valence-electron chi connectivity index (χ4n) is 3.01. The average Bonchev–Trinajstić information content (AvgIpc) is 2.98. The molecule has 5 heteroatoms. The highest BCUT2D eigenvalue weighted by atomic mass is 35.5. The Bertz CT molecular complexity index is 1150. The van der Waals surface area contributed by atoms with E-state index in [0.717, 1.165) is 21.9 Å². The van der Waals surface area contributed by atoms with E-state index in [4.69, 9.17) is 20.8 Å². The zero-order valence-corrected chi connectivity index (χ0v) is 15.1. The van der Waals surface area contributed by atoms with E-state index >= 15 is 0 Å². The fourth-order valence-corrected chi connectivity index (χ4v) is 3.33. The Labute approximate surface area is 155 Å². The number of nitrogens with one attached hydrogen (secondary N) is 1. The van der Waals surface area contributed by atoms with Gasteiger partial charge in [-0.2, -0.15) is 0 Å². The summed E-state index contributed by atoms with van der Waals surface area (Å²) in [6.07, 6.45) is 0. The molecule has 0 fully saturated rings. The fraction of sp³-hybridized carbons (Fsp3) is 0.0952. The third-order valence-corrected chi connectivity index (χ3v) is 4.63. The third-order valence-electron chi connectivity index (χ3n) is 4.32. The van der Waals surface area contributed by atoms with E-state index in [-0.39, 0.29) is 5.91 Å². The molecule has 1 heterocycles. The van der Waals surface area contributed by atoms with Crippen LogP contribution in [0.2, 0.25) is 5.02 Å². The Morgan fingerprint density at radius 1 is 1.04 bits per heavy atom. The second-order valence-electron chi connectivity index (χ2n) is 6.08. The number of furan rings is 1. The van der Waals surface area contributed by atoms with E-state index in [9.17, 15) is 4.79 Å². The molecular formula is C21H16ClNO3. The number of hydrogen-bond donors (Lipinski definition) is 1. The van der Waals surface area contributed by atoms with Gasteiger partial charge in [-0.3, -0.25) is 4.79 Å². The molecule has 0 saturated carbocycles. The maximum absolute atomic E-state index is 12.6. The molecule has 1 amide bonds. The molecular weight excluding hydrogens is 350 g/mol. The number of benzene rings is 3. The van der Waals surface area contributed by atoms with Crippen LogP contribution in [-0.4, -0.2) is 13.0 Å². The van der Waals surface area contributed by atoms with Crippen molar-refractivity contribution in [3.05, 3.63) is 70.7 Å². The van der Waals surface area contributed by atoms with Crippen molar-refractivity contribution in [3.63, 3.8) is 0 Å². The zero-order valence-electron chi connectivity index (χ0n) is 14.3. The smallest absolute Gasteiger partial charge is 0.257 e. The van der Waals surface area contributed by atoms with Crippen LogP contribution in [0.3, 0.4) is 0 Å². The van der Waals surface area contributed by atoms with Crippen LogP contribution < -0.4 is 10.1 Å². The number of ether oxygens (including phenoxy) is 1. The number of methoxy groups -OCH3 is 1. The lowest BCUT2D eigenvalue weighted by Gasteiger charge is -2.11. The summed E-state index contributed by atoms with van der Waals surface area (Å²) in [5, 5.41) is 5.21. The van der Waals surface area contributed by atoms with E-state index < -0.39 is 0 Å². The first kappa shape index (κ1) is 16.5. The number of aryl methyl sites for hydroxylation is 1. The Balaban J connectivity index is 1.77. The van der Waals surface area contributed by atoms with Gasteiger partial charge in [0.05, 0.1) is 23.4 Å². The highest BCUT2D eigenvalue weighted by Crippen LogP contribution is 2.36. The van der Waals surface area contributed by atoms with Crippen molar-refractivity contribution in [1.82, 2.24) is 0 Å². The molecule has 1 N–H and O–H groups in total. The molecule has 0 aliphatic heterocycles. The molecule has 1 aromatic heterocycles. The normalized spacial score (nSPS) is 11.0. The Morgan fingerprint density at radius 3 is 2.62 bits per heavy atom.